The minimum absolute atomic E-state index is 0.510. The number of halogens is 1. The van der Waals surface area contributed by atoms with Gasteiger partial charge in [-0.3, -0.25) is 0 Å². The molecule has 0 aromatic heterocycles. The second kappa shape index (κ2) is 4.96. The standard InChI is InChI=1S/C13H19ClN2/c1-9-5-2-3-8-12(9)16-13-10(14)6-4-7-11(13)15/h4,6-7,9,12,16H,2-3,5,8,15H2,1H3/t9-,12+/m0/s1. The van der Waals surface area contributed by atoms with E-state index in [1.54, 1.807) is 0 Å². The van der Waals surface area contributed by atoms with Gasteiger partial charge in [-0.1, -0.05) is 37.4 Å². The molecule has 0 radical (unpaired) electrons. The fourth-order valence-corrected chi connectivity index (χ4v) is 2.65. The Labute approximate surface area is 102 Å². The van der Waals surface area contributed by atoms with Crippen LogP contribution in [0.4, 0.5) is 11.4 Å². The topological polar surface area (TPSA) is 38.0 Å². The van der Waals surface area contributed by atoms with Crippen LogP contribution in [-0.2, 0) is 0 Å². The van der Waals surface area contributed by atoms with Gasteiger partial charge in [-0.05, 0) is 30.9 Å². The maximum atomic E-state index is 6.15. The zero-order valence-corrected chi connectivity index (χ0v) is 10.4. The van der Waals surface area contributed by atoms with Crippen molar-refractivity contribution in [2.75, 3.05) is 11.1 Å². The van der Waals surface area contributed by atoms with E-state index in [4.69, 9.17) is 17.3 Å². The van der Waals surface area contributed by atoms with Crippen LogP contribution in [0.5, 0.6) is 0 Å². The molecule has 2 nitrogen and oxygen atoms in total. The lowest BCUT2D eigenvalue weighted by Crippen LogP contribution is -2.30. The molecule has 1 aliphatic rings. The molecular formula is C13H19ClN2. The van der Waals surface area contributed by atoms with E-state index in [0.29, 0.717) is 12.0 Å². The summed E-state index contributed by atoms with van der Waals surface area (Å²) in [5.74, 6) is 0.699. The zero-order chi connectivity index (χ0) is 11.5. The van der Waals surface area contributed by atoms with Gasteiger partial charge in [-0.2, -0.15) is 0 Å². The number of rotatable bonds is 2. The Morgan fingerprint density at radius 2 is 2.06 bits per heavy atom. The SMILES string of the molecule is C[C@H]1CCCC[C@H]1Nc1c(N)cccc1Cl. The maximum absolute atomic E-state index is 6.15. The lowest BCUT2D eigenvalue weighted by Gasteiger charge is -2.31. The molecule has 1 aromatic rings. The van der Waals surface area contributed by atoms with E-state index >= 15 is 0 Å². The van der Waals surface area contributed by atoms with Crippen LogP contribution in [0.15, 0.2) is 18.2 Å². The van der Waals surface area contributed by atoms with Gasteiger partial charge in [0.1, 0.15) is 0 Å². The summed E-state index contributed by atoms with van der Waals surface area (Å²) in [5.41, 5.74) is 7.58. The molecule has 3 N–H and O–H groups in total. The Morgan fingerprint density at radius 3 is 2.75 bits per heavy atom. The number of para-hydroxylation sites is 1. The predicted octanol–water partition coefficient (Wildman–Crippen LogP) is 3.91. The van der Waals surface area contributed by atoms with Crippen molar-refractivity contribution >= 4 is 23.0 Å². The third-order valence-electron chi connectivity index (χ3n) is 3.49. The molecule has 1 aromatic carbocycles. The summed E-state index contributed by atoms with van der Waals surface area (Å²) in [6.45, 7) is 2.30. The highest BCUT2D eigenvalue weighted by Gasteiger charge is 2.22. The van der Waals surface area contributed by atoms with Gasteiger partial charge in [-0.25, -0.2) is 0 Å². The summed E-state index contributed by atoms with van der Waals surface area (Å²) in [7, 11) is 0. The maximum Gasteiger partial charge on any atom is 0.0765 e. The molecule has 0 saturated heterocycles. The molecule has 88 valence electrons. The van der Waals surface area contributed by atoms with Crippen LogP contribution >= 0.6 is 11.6 Å². The second-order valence-corrected chi connectivity index (χ2v) is 5.12. The number of nitrogen functional groups attached to an aromatic ring is 1. The smallest absolute Gasteiger partial charge is 0.0765 e. The number of nitrogens with two attached hydrogens (primary N) is 1. The average Bonchev–Trinajstić information content (AvgIpc) is 2.26. The summed E-state index contributed by atoms with van der Waals surface area (Å²) < 4.78 is 0. The van der Waals surface area contributed by atoms with Crippen molar-refractivity contribution in [3.63, 3.8) is 0 Å². The molecule has 1 saturated carbocycles. The number of hydrogen-bond donors (Lipinski definition) is 2. The molecule has 2 rings (SSSR count). The van der Waals surface area contributed by atoms with Gasteiger partial charge < -0.3 is 11.1 Å². The molecule has 0 bridgehead atoms. The molecule has 1 aliphatic carbocycles. The van der Waals surface area contributed by atoms with E-state index < -0.39 is 0 Å². The van der Waals surface area contributed by atoms with Crippen molar-refractivity contribution in [3.05, 3.63) is 23.2 Å². The third-order valence-corrected chi connectivity index (χ3v) is 3.80. The van der Waals surface area contributed by atoms with Crippen LogP contribution < -0.4 is 11.1 Å². The van der Waals surface area contributed by atoms with E-state index in [-0.39, 0.29) is 0 Å². The van der Waals surface area contributed by atoms with E-state index in [1.165, 1.54) is 25.7 Å². The average molecular weight is 239 g/mol. The van der Waals surface area contributed by atoms with Gasteiger partial charge in [-0.15, -0.1) is 0 Å². The fraction of sp³-hybridized carbons (Fsp3) is 0.538. The Bertz CT molecular complexity index is 345. The van der Waals surface area contributed by atoms with E-state index in [2.05, 4.69) is 12.2 Å². The van der Waals surface area contributed by atoms with Crippen LogP contribution in [-0.4, -0.2) is 6.04 Å². The normalized spacial score (nSPS) is 25.4. The van der Waals surface area contributed by atoms with Crippen molar-refractivity contribution in [3.8, 4) is 0 Å². The van der Waals surface area contributed by atoms with E-state index in [0.717, 1.165) is 16.4 Å². The molecule has 0 spiro atoms. The number of hydrogen-bond acceptors (Lipinski definition) is 2. The fourth-order valence-electron chi connectivity index (χ4n) is 2.41. The van der Waals surface area contributed by atoms with E-state index in [9.17, 15) is 0 Å². The van der Waals surface area contributed by atoms with Gasteiger partial charge in [0.15, 0.2) is 0 Å². The predicted molar refractivity (Wildman–Crippen MR) is 70.9 cm³/mol. The first-order valence-electron chi connectivity index (χ1n) is 5.99. The molecule has 0 unspecified atom stereocenters. The highest BCUT2D eigenvalue weighted by Crippen LogP contribution is 2.33. The lowest BCUT2D eigenvalue weighted by atomic mass is 9.86. The Hall–Kier alpha value is -0.890. The van der Waals surface area contributed by atoms with Gasteiger partial charge in [0.2, 0.25) is 0 Å². The van der Waals surface area contributed by atoms with Crippen molar-refractivity contribution in [2.24, 2.45) is 5.92 Å². The van der Waals surface area contributed by atoms with Crippen LogP contribution in [0.25, 0.3) is 0 Å². The molecule has 3 heteroatoms. The first kappa shape index (κ1) is 11.6. The van der Waals surface area contributed by atoms with Crippen molar-refractivity contribution in [1.29, 1.82) is 0 Å². The highest BCUT2D eigenvalue weighted by molar-refractivity contribution is 6.33. The lowest BCUT2D eigenvalue weighted by molar-refractivity contribution is 0.349. The van der Waals surface area contributed by atoms with Crippen molar-refractivity contribution in [1.82, 2.24) is 0 Å². The Kier molecular flexibility index (Phi) is 3.59. The Morgan fingerprint density at radius 1 is 1.31 bits per heavy atom. The van der Waals surface area contributed by atoms with Crippen LogP contribution in [0, 0.1) is 5.92 Å². The number of benzene rings is 1. The highest BCUT2D eigenvalue weighted by atomic mass is 35.5. The first-order chi connectivity index (χ1) is 7.68. The van der Waals surface area contributed by atoms with Crippen LogP contribution in [0.3, 0.4) is 0 Å². The summed E-state index contributed by atoms with van der Waals surface area (Å²) >= 11 is 6.15. The van der Waals surface area contributed by atoms with Gasteiger partial charge >= 0.3 is 0 Å². The first-order valence-corrected chi connectivity index (χ1v) is 6.37. The largest absolute Gasteiger partial charge is 0.397 e. The summed E-state index contributed by atoms with van der Waals surface area (Å²) in [4.78, 5) is 0. The molecule has 16 heavy (non-hydrogen) atoms. The molecule has 2 atom stereocenters. The molecule has 0 heterocycles. The summed E-state index contributed by atoms with van der Waals surface area (Å²) in [6.07, 6.45) is 5.15. The van der Waals surface area contributed by atoms with Gasteiger partial charge in [0.25, 0.3) is 0 Å². The van der Waals surface area contributed by atoms with E-state index in [1.807, 2.05) is 18.2 Å². The minimum atomic E-state index is 0.510. The quantitative estimate of drug-likeness (QED) is 0.767. The van der Waals surface area contributed by atoms with Gasteiger partial charge in [0, 0.05) is 6.04 Å². The van der Waals surface area contributed by atoms with Crippen molar-refractivity contribution < 1.29 is 0 Å². The number of nitrogens with one attached hydrogen (secondary N) is 1. The van der Waals surface area contributed by atoms with Crippen LogP contribution in [0.2, 0.25) is 5.02 Å². The summed E-state index contributed by atoms with van der Waals surface area (Å²) in [5, 5.41) is 4.23. The zero-order valence-electron chi connectivity index (χ0n) is 9.67. The molecule has 0 amide bonds. The third kappa shape index (κ3) is 2.43. The minimum Gasteiger partial charge on any atom is -0.397 e. The second-order valence-electron chi connectivity index (χ2n) is 4.72. The molecular weight excluding hydrogens is 220 g/mol. The number of anilines is 2. The molecule has 1 fully saturated rings. The van der Waals surface area contributed by atoms with Crippen molar-refractivity contribution in [2.45, 2.75) is 38.6 Å². The monoisotopic (exact) mass is 238 g/mol. The summed E-state index contributed by atoms with van der Waals surface area (Å²) in [6, 6.07) is 6.17. The van der Waals surface area contributed by atoms with Gasteiger partial charge in [0.05, 0.1) is 16.4 Å². The van der Waals surface area contributed by atoms with Crippen LogP contribution in [0.1, 0.15) is 32.6 Å². The molecule has 0 aliphatic heterocycles. The Balaban J connectivity index is 2.13.